The van der Waals surface area contributed by atoms with Crippen molar-refractivity contribution < 1.29 is 9.53 Å². The van der Waals surface area contributed by atoms with Gasteiger partial charge >= 0.3 is 6.03 Å². The van der Waals surface area contributed by atoms with Crippen LogP contribution in [0.4, 0.5) is 4.79 Å². The number of carbonyl (C=O) groups excluding carboxylic acids is 1. The van der Waals surface area contributed by atoms with E-state index in [-0.39, 0.29) is 12.1 Å². The lowest BCUT2D eigenvalue weighted by atomic mass is 10.5. The minimum absolute atomic E-state index is 0.0300. The van der Waals surface area contributed by atoms with Gasteiger partial charge in [-0.05, 0) is 13.8 Å². The van der Waals surface area contributed by atoms with Crippen LogP contribution in [-0.2, 0) is 4.74 Å². The van der Waals surface area contributed by atoms with Crippen LogP contribution >= 0.6 is 0 Å². The van der Waals surface area contributed by atoms with Crippen molar-refractivity contribution in [1.29, 1.82) is 0 Å². The molecule has 12 heavy (non-hydrogen) atoms. The Bertz CT molecular complexity index is 159. The largest absolute Gasteiger partial charge is 0.377 e. The van der Waals surface area contributed by atoms with Gasteiger partial charge in [-0.1, -0.05) is 0 Å². The van der Waals surface area contributed by atoms with Crippen molar-refractivity contribution in [2.75, 3.05) is 26.2 Å². The van der Waals surface area contributed by atoms with Crippen LogP contribution in [0.5, 0.6) is 0 Å². The first kappa shape index (κ1) is 9.32. The first-order valence-corrected chi connectivity index (χ1v) is 4.34. The third-order valence-corrected chi connectivity index (χ3v) is 1.76. The molecule has 0 spiro atoms. The Morgan fingerprint density at radius 3 is 2.92 bits per heavy atom. The number of ether oxygens (including phenoxy) is 1. The fourth-order valence-electron chi connectivity index (χ4n) is 1.12. The minimum atomic E-state index is 0.0300. The van der Waals surface area contributed by atoms with Crippen LogP contribution < -0.4 is 5.32 Å². The van der Waals surface area contributed by atoms with Gasteiger partial charge in [0.05, 0.1) is 12.7 Å². The number of nitrogens with one attached hydrogen (secondary N) is 1. The highest BCUT2D eigenvalue weighted by Gasteiger charge is 2.18. The molecule has 1 fully saturated rings. The third kappa shape index (κ3) is 2.70. The Morgan fingerprint density at radius 2 is 2.42 bits per heavy atom. The van der Waals surface area contributed by atoms with E-state index in [2.05, 4.69) is 5.32 Å². The van der Waals surface area contributed by atoms with E-state index in [0.717, 1.165) is 13.1 Å². The molecular weight excluding hydrogens is 156 g/mol. The highest BCUT2D eigenvalue weighted by molar-refractivity contribution is 5.76. The van der Waals surface area contributed by atoms with Crippen molar-refractivity contribution in [2.24, 2.45) is 0 Å². The molecule has 1 heterocycles. The molecule has 70 valence electrons. The predicted octanol–water partition coefficient (Wildman–Crippen LogP) is 0.437. The van der Waals surface area contributed by atoms with E-state index in [1.807, 2.05) is 13.8 Å². The third-order valence-electron chi connectivity index (χ3n) is 1.76. The summed E-state index contributed by atoms with van der Waals surface area (Å²) in [5.74, 6) is 0. The summed E-state index contributed by atoms with van der Waals surface area (Å²) in [5, 5.41) is 2.74. The van der Waals surface area contributed by atoms with Gasteiger partial charge in [0.25, 0.3) is 0 Å². The normalized spacial score (nSPS) is 17.2. The van der Waals surface area contributed by atoms with E-state index in [1.54, 1.807) is 4.90 Å². The molecule has 0 aromatic heterocycles. The monoisotopic (exact) mass is 172 g/mol. The highest BCUT2D eigenvalue weighted by atomic mass is 16.5. The SMILES string of the molecule is CC(C)OCCN1CCNC1=O. The molecule has 4 nitrogen and oxygen atoms in total. The Labute approximate surface area is 72.9 Å². The van der Waals surface area contributed by atoms with Crippen molar-refractivity contribution in [3.63, 3.8) is 0 Å². The number of hydrogen-bond donors (Lipinski definition) is 1. The van der Waals surface area contributed by atoms with E-state index in [0.29, 0.717) is 13.2 Å². The summed E-state index contributed by atoms with van der Waals surface area (Å²) in [6.45, 7) is 6.88. The molecule has 0 atom stereocenters. The molecule has 0 radical (unpaired) electrons. The molecule has 1 saturated heterocycles. The second-order valence-corrected chi connectivity index (χ2v) is 3.14. The van der Waals surface area contributed by atoms with Gasteiger partial charge in [-0.25, -0.2) is 4.79 Å². The lowest BCUT2D eigenvalue weighted by Gasteiger charge is -2.14. The summed E-state index contributed by atoms with van der Waals surface area (Å²) in [7, 11) is 0. The predicted molar refractivity (Wildman–Crippen MR) is 46.1 cm³/mol. The topological polar surface area (TPSA) is 41.6 Å². The highest BCUT2D eigenvalue weighted by Crippen LogP contribution is 1.96. The summed E-state index contributed by atoms with van der Waals surface area (Å²) in [5.41, 5.74) is 0. The van der Waals surface area contributed by atoms with E-state index < -0.39 is 0 Å². The van der Waals surface area contributed by atoms with E-state index in [4.69, 9.17) is 4.74 Å². The van der Waals surface area contributed by atoms with Crippen molar-refractivity contribution >= 4 is 6.03 Å². The van der Waals surface area contributed by atoms with Crippen LogP contribution in [0.3, 0.4) is 0 Å². The first-order chi connectivity index (χ1) is 5.70. The van der Waals surface area contributed by atoms with Crippen LogP contribution in [0, 0.1) is 0 Å². The summed E-state index contributed by atoms with van der Waals surface area (Å²) >= 11 is 0. The number of amides is 2. The van der Waals surface area contributed by atoms with Gasteiger partial charge in [-0.15, -0.1) is 0 Å². The maximum atomic E-state index is 11.0. The average molecular weight is 172 g/mol. The number of carbonyl (C=O) groups is 1. The second kappa shape index (κ2) is 4.30. The molecule has 0 saturated carbocycles. The van der Waals surface area contributed by atoms with Crippen LogP contribution in [0.15, 0.2) is 0 Å². The molecule has 4 heteroatoms. The molecule has 1 aliphatic heterocycles. The fraction of sp³-hybridized carbons (Fsp3) is 0.875. The molecular formula is C8H16N2O2. The van der Waals surface area contributed by atoms with Crippen LogP contribution in [0.1, 0.15) is 13.8 Å². The molecule has 0 unspecified atom stereocenters. The van der Waals surface area contributed by atoms with E-state index >= 15 is 0 Å². The molecule has 1 N–H and O–H groups in total. The zero-order valence-corrected chi connectivity index (χ0v) is 7.67. The number of hydrogen-bond acceptors (Lipinski definition) is 2. The van der Waals surface area contributed by atoms with Gasteiger partial charge in [0, 0.05) is 19.6 Å². The first-order valence-electron chi connectivity index (χ1n) is 4.34. The van der Waals surface area contributed by atoms with Gasteiger partial charge in [0.1, 0.15) is 0 Å². The van der Waals surface area contributed by atoms with Crippen molar-refractivity contribution in [3.8, 4) is 0 Å². The molecule has 0 aliphatic carbocycles. The van der Waals surface area contributed by atoms with Crippen LogP contribution in [-0.4, -0.2) is 43.3 Å². The fourth-order valence-corrected chi connectivity index (χ4v) is 1.12. The van der Waals surface area contributed by atoms with Gasteiger partial charge < -0.3 is 15.0 Å². The number of rotatable bonds is 4. The van der Waals surface area contributed by atoms with Crippen molar-refractivity contribution in [3.05, 3.63) is 0 Å². The Kier molecular flexibility index (Phi) is 3.34. The van der Waals surface area contributed by atoms with E-state index in [1.165, 1.54) is 0 Å². The summed E-state index contributed by atoms with van der Waals surface area (Å²) < 4.78 is 5.33. The quantitative estimate of drug-likeness (QED) is 0.668. The number of urea groups is 1. The Balaban J connectivity index is 2.10. The molecule has 1 aliphatic rings. The van der Waals surface area contributed by atoms with Gasteiger partial charge in [0.2, 0.25) is 0 Å². The van der Waals surface area contributed by atoms with Crippen LogP contribution in [0.25, 0.3) is 0 Å². The Morgan fingerprint density at radius 1 is 1.67 bits per heavy atom. The van der Waals surface area contributed by atoms with Crippen LogP contribution in [0.2, 0.25) is 0 Å². The van der Waals surface area contributed by atoms with E-state index in [9.17, 15) is 4.79 Å². The lowest BCUT2D eigenvalue weighted by Crippen LogP contribution is -2.31. The second-order valence-electron chi connectivity index (χ2n) is 3.14. The maximum absolute atomic E-state index is 11.0. The maximum Gasteiger partial charge on any atom is 0.317 e. The van der Waals surface area contributed by atoms with Crippen molar-refractivity contribution in [2.45, 2.75) is 20.0 Å². The zero-order chi connectivity index (χ0) is 8.97. The van der Waals surface area contributed by atoms with Gasteiger partial charge in [-0.2, -0.15) is 0 Å². The Hall–Kier alpha value is -0.770. The smallest absolute Gasteiger partial charge is 0.317 e. The summed E-state index contributed by atoms with van der Waals surface area (Å²) in [4.78, 5) is 12.8. The van der Waals surface area contributed by atoms with Gasteiger partial charge in [0.15, 0.2) is 0 Å². The average Bonchev–Trinajstić information content (AvgIpc) is 2.36. The lowest BCUT2D eigenvalue weighted by molar-refractivity contribution is 0.0678. The molecule has 1 rings (SSSR count). The summed E-state index contributed by atoms with van der Waals surface area (Å²) in [6, 6.07) is 0.0300. The van der Waals surface area contributed by atoms with Crippen molar-refractivity contribution in [1.82, 2.24) is 10.2 Å². The molecule has 0 bridgehead atoms. The standard InChI is InChI=1S/C8H16N2O2/c1-7(2)12-6-5-10-4-3-9-8(10)11/h7H,3-6H2,1-2H3,(H,9,11). The molecule has 0 aromatic carbocycles. The van der Waals surface area contributed by atoms with Gasteiger partial charge in [-0.3, -0.25) is 0 Å². The summed E-state index contributed by atoms with van der Waals surface area (Å²) in [6.07, 6.45) is 0.246. The zero-order valence-electron chi connectivity index (χ0n) is 7.67. The minimum Gasteiger partial charge on any atom is -0.377 e. The number of nitrogens with zero attached hydrogens (tertiary/aromatic N) is 1. The molecule has 2 amide bonds. The molecule has 0 aromatic rings.